The smallest absolute Gasteiger partial charge is 0.267 e. The topological polar surface area (TPSA) is 71.5 Å². The molecule has 26 heavy (non-hydrogen) atoms. The minimum atomic E-state index is -0.482. The van der Waals surface area contributed by atoms with Gasteiger partial charge in [-0.15, -0.1) is 11.3 Å². The highest BCUT2D eigenvalue weighted by Gasteiger charge is 2.29. The zero-order chi connectivity index (χ0) is 18.8. The van der Waals surface area contributed by atoms with Crippen molar-refractivity contribution >= 4 is 34.0 Å². The van der Waals surface area contributed by atoms with Gasteiger partial charge < -0.3 is 15.0 Å². The van der Waals surface area contributed by atoms with E-state index in [0.29, 0.717) is 10.9 Å². The quantitative estimate of drug-likeness (QED) is 0.862. The molecule has 1 aromatic carbocycles. The number of thiazole rings is 1. The number of ether oxygens (including phenoxy) is 1. The summed E-state index contributed by atoms with van der Waals surface area (Å²) in [5, 5.41) is 5.39. The van der Waals surface area contributed by atoms with Crippen molar-refractivity contribution in [3.05, 3.63) is 23.6 Å². The van der Waals surface area contributed by atoms with E-state index in [1.54, 1.807) is 18.9 Å². The minimum Gasteiger partial charge on any atom is -0.479 e. The van der Waals surface area contributed by atoms with Gasteiger partial charge in [0.25, 0.3) is 5.91 Å². The lowest BCUT2D eigenvalue weighted by molar-refractivity contribution is -0.125. The Morgan fingerprint density at radius 1 is 1.38 bits per heavy atom. The van der Waals surface area contributed by atoms with Crippen LogP contribution in [0.3, 0.4) is 0 Å². The molecule has 0 bridgehead atoms. The Hall–Kier alpha value is -2.41. The molecule has 0 aliphatic carbocycles. The van der Waals surface area contributed by atoms with Crippen molar-refractivity contribution in [1.82, 2.24) is 4.98 Å². The lowest BCUT2D eigenvalue weighted by atomic mass is 10.0. The van der Waals surface area contributed by atoms with Crippen molar-refractivity contribution < 1.29 is 14.3 Å². The number of nitrogens with one attached hydrogen (secondary N) is 1. The van der Waals surface area contributed by atoms with Crippen LogP contribution in [0.5, 0.6) is 5.75 Å². The molecule has 0 radical (unpaired) electrons. The highest BCUT2D eigenvalue weighted by molar-refractivity contribution is 7.14. The maximum atomic E-state index is 12.2. The SMILES string of the molecule is CCC(CC)C(=O)Nc1nc(-c2ccc3c(c2)N(C)C(=O)C(C)O3)cs1. The number of amides is 2. The van der Waals surface area contributed by atoms with Crippen molar-refractivity contribution in [3.8, 4) is 17.0 Å². The first-order valence-electron chi connectivity index (χ1n) is 8.79. The van der Waals surface area contributed by atoms with Crippen molar-refractivity contribution in [2.24, 2.45) is 5.92 Å². The van der Waals surface area contributed by atoms with Gasteiger partial charge in [-0.1, -0.05) is 13.8 Å². The van der Waals surface area contributed by atoms with Crippen LogP contribution < -0.4 is 15.0 Å². The zero-order valence-corrected chi connectivity index (χ0v) is 16.2. The molecule has 0 spiro atoms. The Balaban J connectivity index is 1.82. The molecule has 0 fully saturated rings. The van der Waals surface area contributed by atoms with Crippen LogP contribution in [0.4, 0.5) is 10.8 Å². The Labute approximate surface area is 157 Å². The van der Waals surface area contributed by atoms with Crippen LogP contribution in [0, 0.1) is 5.92 Å². The molecule has 1 aliphatic rings. The Morgan fingerprint density at radius 3 is 2.81 bits per heavy atom. The molecule has 7 heteroatoms. The molecule has 1 atom stereocenters. The van der Waals surface area contributed by atoms with Gasteiger partial charge in [0.15, 0.2) is 11.2 Å². The van der Waals surface area contributed by atoms with E-state index in [2.05, 4.69) is 10.3 Å². The second-order valence-corrected chi connectivity index (χ2v) is 7.24. The van der Waals surface area contributed by atoms with Crippen LogP contribution in [-0.2, 0) is 9.59 Å². The third-order valence-corrected chi connectivity index (χ3v) is 5.45. The summed E-state index contributed by atoms with van der Waals surface area (Å²) < 4.78 is 5.65. The number of fused-ring (bicyclic) bond motifs is 1. The van der Waals surface area contributed by atoms with Crippen molar-refractivity contribution in [3.63, 3.8) is 0 Å². The molecule has 3 rings (SSSR count). The van der Waals surface area contributed by atoms with Gasteiger partial charge in [-0.3, -0.25) is 9.59 Å². The number of carbonyl (C=O) groups is 2. The molecule has 1 unspecified atom stereocenters. The maximum absolute atomic E-state index is 12.2. The summed E-state index contributed by atoms with van der Waals surface area (Å²) in [5.41, 5.74) is 2.36. The van der Waals surface area contributed by atoms with Crippen molar-refractivity contribution in [1.29, 1.82) is 0 Å². The summed E-state index contributed by atoms with van der Waals surface area (Å²) in [6.07, 6.45) is 1.14. The van der Waals surface area contributed by atoms with Crippen LogP contribution in [0.15, 0.2) is 23.6 Å². The van der Waals surface area contributed by atoms with Gasteiger partial charge in [-0.2, -0.15) is 0 Å². The largest absolute Gasteiger partial charge is 0.479 e. The van der Waals surface area contributed by atoms with E-state index < -0.39 is 6.10 Å². The number of carbonyl (C=O) groups excluding carboxylic acids is 2. The van der Waals surface area contributed by atoms with Crippen LogP contribution in [-0.4, -0.2) is 29.9 Å². The number of anilines is 2. The molecule has 1 N–H and O–H groups in total. The number of hydrogen-bond donors (Lipinski definition) is 1. The minimum absolute atomic E-state index is 0.00453. The number of rotatable bonds is 5. The normalized spacial score (nSPS) is 16.4. The second-order valence-electron chi connectivity index (χ2n) is 6.38. The highest BCUT2D eigenvalue weighted by Crippen LogP contribution is 2.37. The molecule has 138 valence electrons. The lowest BCUT2D eigenvalue weighted by Gasteiger charge is -2.30. The number of aromatic nitrogens is 1. The summed E-state index contributed by atoms with van der Waals surface area (Å²) >= 11 is 1.40. The zero-order valence-electron chi connectivity index (χ0n) is 15.4. The van der Waals surface area contributed by atoms with Crippen LogP contribution >= 0.6 is 11.3 Å². The van der Waals surface area contributed by atoms with Crippen LogP contribution in [0.1, 0.15) is 33.6 Å². The molecule has 6 nitrogen and oxygen atoms in total. The van der Waals surface area contributed by atoms with Gasteiger partial charge in [-0.25, -0.2) is 4.98 Å². The van der Waals surface area contributed by atoms with E-state index in [-0.39, 0.29) is 17.7 Å². The van der Waals surface area contributed by atoms with Gasteiger partial charge in [0.05, 0.1) is 11.4 Å². The predicted molar refractivity (Wildman–Crippen MR) is 104 cm³/mol. The molecule has 1 aliphatic heterocycles. The van der Waals surface area contributed by atoms with Gasteiger partial charge in [0, 0.05) is 23.9 Å². The van der Waals surface area contributed by atoms with Gasteiger partial charge in [0.1, 0.15) is 5.75 Å². The van der Waals surface area contributed by atoms with E-state index in [1.807, 2.05) is 37.4 Å². The summed E-state index contributed by atoms with van der Waals surface area (Å²) in [6, 6.07) is 5.66. The Morgan fingerprint density at radius 2 is 2.12 bits per heavy atom. The van der Waals surface area contributed by atoms with Gasteiger partial charge in [-0.05, 0) is 38.0 Å². The molecular weight excluding hydrogens is 350 g/mol. The summed E-state index contributed by atoms with van der Waals surface area (Å²) in [7, 11) is 1.74. The molecule has 1 aromatic heterocycles. The van der Waals surface area contributed by atoms with Gasteiger partial charge >= 0.3 is 0 Å². The van der Waals surface area contributed by atoms with E-state index >= 15 is 0 Å². The number of nitrogens with zero attached hydrogens (tertiary/aromatic N) is 2. The summed E-state index contributed by atoms with van der Waals surface area (Å²) in [5.74, 6) is 0.617. The van der Waals surface area contributed by atoms with E-state index in [0.717, 1.165) is 29.8 Å². The maximum Gasteiger partial charge on any atom is 0.267 e. The van der Waals surface area contributed by atoms with E-state index in [4.69, 9.17) is 4.74 Å². The molecular formula is C19H23N3O3S. The number of hydrogen-bond acceptors (Lipinski definition) is 5. The van der Waals surface area contributed by atoms with Crippen molar-refractivity contribution in [2.45, 2.75) is 39.7 Å². The highest BCUT2D eigenvalue weighted by atomic mass is 32.1. The summed E-state index contributed by atoms with van der Waals surface area (Å²) in [6.45, 7) is 5.76. The Kier molecular flexibility index (Phi) is 5.27. The molecule has 2 aromatic rings. The third kappa shape index (κ3) is 3.44. The molecule has 0 saturated heterocycles. The summed E-state index contributed by atoms with van der Waals surface area (Å²) in [4.78, 5) is 30.5. The fourth-order valence-corrected chi connectivity index (χ4v) is 3.72. The van der Waals surface area contributed by atoms with Gasteiger partial charge in [0.2, 0.25) is 5.91 Å². The Bertz CT molecular complexity index is 829. The molecule has 2 heterocycles. The predicted octanol–water partition coefficient (Wildman–Crippen LogP) is 3.93. The first-order valence-corrected chi connectivity index (χ1v) is 9.67. The van der Waals surface area contributed by atoms with Crippen LogP contribution in [0.25, 0.3) is 11.3 Å². The standard InChI is InChI=1S/C19H23N3O3S/c1-5-12(6-2)17(23)21-19-20-14(10-26-19)13-7-8-16-15(9-13)22(4)18(24)11(3)25-16/h7-12H,5-6H2,1-4H3,(H,20,21,23). The van der Waals surface area contributed by atoms with Crippen LogP contribution in [0.2, 0.25) is 0 Å². The first-order chi connectivity index (χ1) is 12.4. The lowest BCUT2D eigenvalue weighted by Crippen LogP contribution is -2.41. The second kappa shape index (κ2) is 7.45. The van der Waals surface area contributed by atoms with E-state index in [9.17, 15) is 9.59 Å². The average molecular weight is 373 g/mol. The number of benzene rings is 1. The van der Waals surface area contributed by atoms with E-state index in [1.165, 1.54) is 11.3 Å². The number of likely N-dealkylation sites (N-methyl/N-ethyl adjacent to an activating group) is 1. The molecule has 0 saturated carbocycles. The molecule has 2 amide bonds. The first kappa shape index (κ1) is 18.4. The monoisotopic (exact) mass is 373 g/mol. The fraction of sp³-hybridized carbons (Fsp3) is 0.421. The fourth-order valence-electron chi connectivity index (χ4n) is 3.00. The van der Waals surface area contributed by atoms with Crippen molar-refractivity contribution in [2.75, 3.05) is 17.3 Å². The third-order valence-electron chi connectivity index (χ3n) is 4.69. The average Bonchev–Trinajstić information content (AvgIpc) is 3.09.